The Morgan fingerprint density at radius 2 is 1.62 bits per heavy atom. The van der Waals surface area contributed by atoms with E-state index in [0.717, 1.165) is 13.0 Å². The van der Waals surface area contributed by atoms with Gasteiger partial charge in [0.2, 0.25) is 0 Å². The van der Waals surface area contributed by atoms with E-state index in [9.17, 15) is 0 Å². The third-order valence-corrected chi connectivity index (χ3v) is 2.98. The van der Waals surface area contributed by atoms with Crippen molar-refractivity contribution in [2.24, 2.45) is 5.73 Å². The molecule has 0 radical (unpaired) electrons. The first-order valence-corrected chi connectivity index (χ1v) is 6.08. The highest BCUT2D eigenvalue weighted by molar-refractivity contribution is 5.82. The molecule has 0 unspecified atom stereocenters. The van der Waals surface area contributed by atoms with Crippen LogP contribution in [0.4, 0.5) is 0 Å². The summed E-state index contributed by atoms with van der Waals surface area (Å²) in [7, 11) is 0. The van der Waals surface area contributed by atoms with Crippen LogP contribution in [0.25, 0.3) is 10.8 Å². The first-order chi connectivity index (χ1) is 7.90. The number of nitrogens with two attached hydrogens (primary N) is 1. The lowest BCUT2D eigenvalue weighted by atomic mass is 10.0. The predicted molar refractivity (Wildman–Crippen MR) is 70.6 cm³/mol. The highest BCUT2D eigenvalue weighted by Crippen LogP contribution is 2.17. The minimum Gasteiger partial charge on any atom is -0.330 e. The maximum atomic E-state index is 5.48. The summed E-state index contributed by atoms with van der Waals surface area (Å²) in [5.74, 6) is 0. The molecule has 0 saturated heterocycles. The summed E-state index contributed by atoms with van der Waals surface area (Å²) in [6, 6.07) is 15.3. The molecule has 2 aromatic carbocycles. The topological polar surface area (TPSA) is 26.0 Å². The molecule has 0 heterocycles. The lowest BCUT2D eigenvalue weighted by Gasteiger charge is -2.03. The number of benzene rings is 2. The van der Waals surface area contributed by atoms with E-state index in [4.69, 9.17) is 5.73 Å². The molecule has 0 aromatic heterocycles. The fourth-order valence-electron chi connectivity index (χ4n) is 2.04. The van der Waals surface area contributed by atoms with E-state index in [2.05, 4.69) is 42.5 Å². The Labute approximate surface area is 97.3 Å². The van der Waals surface area contributed by atoms with Crippen LogP contribution >= 0.6 is 0 Å². The number of hydrogen-bond donors (Lipinski definition) is 1. The number of fused-ring (bicyclic) bond motifs is 1. The van der Waals surface area contributed by atoms with Gasteiger partial charge in [0, 0.05) is 0 Å². The lowest BCUT2D eigenvalue weighted by molar-refractivity contribution is 0.687. The van der Waals surface area contributed by atoms with Crippen LogP contribution in [0.1, 0.15) is 24.8 Å². The van der Waals surface area contributed by atoms with Crippen LogP contribution in [0.3, 0.4) is 0 Å². The molecular formula is C15H19N. The Hall–Kier alpha value is -1.34. The Kier molecular flexibility index (Phi) is 3.95. The zero-order valence-electron chi connectivity index (χ0n) is 9.65. The SMILES string of the molecule is NCCCCCc1ccc2ccccc2c1. The average molecular weight is 213 g/mol. The van der Waals surface area contributed by atoms with Crippen LogP contribution in [-0.4, -0.2) is 6.54 Å². The zero-order valence-corrected chi connectivity index (χ0v) is 9.65. The lowest BCUT2D eigenvalue weighted by Crippen LogP contribution is -1.98. The molecule has 2 N–H and O–H groups in total. The molecule has 16 heavy (non-hydrogen) atoms. The summed E-state index contributed by atoms with van der Waals surface area (Å²) < 4.78 is 0. The molecule has 0 aliphatic rings. The fourth-order valence-corrected chi connectivity index (χ4v) is 2.04. The molecule has 0 aliphatic carbocycles. The third-order valence-electron chi connectivity index (χ3n) is 2.98. The van der Waals surface area contributed by atoms with Crippen LogP contribution in [0.15, 0.2) is 42.5 Å². The van der Waals surface area contributed by atoms with Gasteiger partial charge in [0.25, 0.3) is 0 Å². The molecule has 0 aliphatic heterocycles. The van der Waals surface area contributed by atoms with Gasteiger partial charge in [-0.2, -0.15) is 0 Å². The van der Waals surface area contributed by atoms with Crippen molar-refractivity contribution in [2.75, 3.05) is 6.54 Å². The van der Waals surface area contributed by atoms with Crippen molar-refractivity contribution in [3.8, 4) is 0 Å². The van der Waals surface area contributed by atoms with Gasteiger partial charge in [-0.05, 0) is 42.1 Å². The van der Waals surface area contributed by atoms with E-state index in [0.29, 0.717) is 0 Å². The first kappa shape index (κ1) is 11.2. The van der Waals surface area contributed by atoms with Crippen LogP contribution in [-0.2, 0) is 6.42 Å². The molecule has 0 atom stereocenters. The number of unbranched alkanes of at least 4 members (excludes halogenated alkanes) is 2. The number of hydrogen-bond acceptors (Lipinski definition) is 1. The minimum absolute atomic E-state index is 0.817. The van der Waals surface area contributed by atoms with Gasteiger partial charge in [-0.3, -0.25) is 0 Å². The fraction of sp³-hybridized carbons (Fsp3) is 0.333. The smallest absolute Gasteiger partial charge is 0.00773 e. The van der Waals surface area contributed by atoms with E-state index < -0.39 is 0 Å². The molecule has 0 bridgehead atoms. The van der Waals surface area contributed by atoms with Crippen LogP contribution in [0.5, 0.6) is 0 Å². The first-order valence-electron chi connectivity index (χ1n) is 6.08. The molecule has 84 valence electrons. The van der Waals surface area contributed by atoms with Crippen molar-refractivity contribution in [1.82, 2.24) is 0 Å². The zero-order chi connectivity index (χ0) is 11.2. The Bertz CT molecular complexity index is 448. The second-order valence-corrected chi connectivity index (χ2v) is 4.28. The maximum Gasteiger partial charge on any atom is -0.00773 e. The van der Waals surface area contributed by atoms with E-state index >= 15 is 0 Å². The van der Waals surface area contributed by atoms with Crippen molar-refractivity contribution in [2.45, 2.75) is 25.7 Å². The average Bonchev–Trinajstić information content (AvgIpc) is 2.34. The van der Waals surface area contributed by atoms with Gasteiger partial charge < -0.3 is 5.73 Å². The molecule has 0 fully saturated rings. The largest absolute Gasteiger partial charge is 0.330 e. The standard InChI is InChI=1S/C15H19N/c16-11-5-1-2-6-13-9-10-14-7-3-4-8-15(14)12-13/h3-4,7-10,12H,1-2,5-6,11,16H2. The van der Waals surface area contributed by atoms with Gasteiger partial charge in [-0.1, -0.05) is 48.9 Å². The Morgan fingerprint density at radius 1 is 0.812 bits per heavy atom. The summed E-state index contributed by atoms with van der Waals surface area (Å²) in [6.07, 6.45) is 4.80. The summed E-state index contributed by atoms with van der Waals surface area (Å²) in [5, 5.41) is 2.67. The van der Waals surface area contributed by atoms with E-state index in [1.807, 2.05) is 0 Å². The number of aryl methyl sites for hydroxylation is 1. The summed E-state index contributed by atoms with van der Waals surface area (Å²) in [6.45, 7) is 0.817. The van der Waals surface area contributed by atoms with E-state index in [1.54, 1.807) is 0 Å². The molecular weight excluding hydrogens is 194 g/mol. The van der Waals surface area contributed by atoms with Crippen molar-refractivity contribution < 1.29 is 0 Å². The van der Waals surface area contributed by atoms with Gasteiger partial charge in [0.15, 0.2) is 0 Å². The van der Waals surface area contributed by atoms with E-state index in [1.165, 1.54) is 35.6 Å². The molecule has 0 amide bonds. The van der Waals surface area contributed by atoms with Crippen LogP contribution in [0, 0.1) is 0 Å². The van der Waals surface area contributed by atoms with Gasteiger partial charge in [-0.15, -0.1) is 0 Å². The van der Waals surface area contributed by atoms with Gasteiger partial charge in [0.1, 0.15) is 0 Å². The second-order valence-electron chi connectivity index (χ2n) is 4.28. The molecule has 0 spiro atoms. The molecule has 2 aromatic rings. The highest BCUT2D eigenvalue weighted by atomic mass is 14.5. The molecule has 2 rings (SSSR count). The van der Waals surface area contributed by atoms with Crippen LogP contribution in [0.2, 0.25) is 0 Å². The Morgan fingerprint density at radius 3 is 2.44 bits per heavy atom. The normalized spacial score (nSPS) is 10.8. The van der Waals surface area contributed by atoms with Crippen molar-refractivity contribution in [3.63, 3.8) is 0 Å². The molecule has 1 nitrogen and oxygen atoms in total. The molecule has 0 saturated carbocycles. The maximum absolute atomic E-state index is 5.48. The van der Waals surface area contributed by atoms with Crippen molar-refractivity contribution in [3.05, 3.63) is 48.0 Å². The van der Waals surface area contributed by atoms with Crippen molar-refractivity contribution in [1.29, 1.82) is 0 Å². The highest BCUT2D eigenvalue weighted by Gasteiger charge is 1.96. The third kappa shape index (κ3) is 2.83. The van der Waals surface area contributed by atoms with Crippen LogP contribution < -0.4 is 5.73 Å². The summed E-state index contributed by atoms with van der Waals surface area (Å²) in [4.78, 5) is 0. The monoisotopic (exact) mass is 213 g/mol. The van der Waals surface area contributed by atoms with E-state index in [-0.39, 0.29) is 0 Å². The molecule has 1 heteroatoms. The summed E-state index contributed by atoms with van der Waals surface area (Å²) >= 11 is 0. The Balaban J connectivity index is 2.02. The van der Waals surface area contributed by atoms with Gasteiger partial charge in [-0.25, -0.2) is 0 Å². The second kappa shape index (κ2) is 5.66. The van der Waals surface area contributed by atoms with Gasteiger partial charge in [0.05, 0.1) is 0 Å². The van der Waals surface area contributed by atoms with Gasteiger partial charge >= 0.3 is 0 Å². The predicted octanol–water partition coefficient (Wildman–Crippen LogP) is 3.51. The summed E-state index contributed by atoms with van der Waals surface area (Å²) in [5.41, 5.74) is 6.92. The van der Waals surface area contributed by atoms with Crippen molar-refractivity contribution >= 4 is 10.8 Å². The quantitative estimate of drug-likeness (QED) is 0.756. The number of rotatable bonds is 5. The minimum atomic E-state index is 0.817.